The number of nitrogens with zero attached hydrogens (tertiary/aromatic N) is 2. The van der Waals surface area contributed by atoms with Crippen molar-refractivity contribution in [1.82, 2.24) is 9.59 Å². The summed E-state index contributed by atoms with van der Waals surface area (Å²) in [6, 6.07) is 17.2. The first-order chi connectivity index (χ1) is 13.1. The maximum Gasteiger partial charge on any atom is 0.352 e. The molecule has 0 spiro atoms. The van der Waals surface area contributed by atoms with Gasteiger partial charge in [-0.2, -0.15) is 0 Å². The molecule has 0 fully saturated rings. The van der Waals surface area contributed by atoms with Crippen LogP contribution in [0.2, 0.25) is 0 Å². The molecule has 0 aliphatic carbocycles. The molecular formula is C20H19N3O3S. The summed E-state index contributed by atoms with van der Waals surface area (Å²) in [5, 5.41) is 6.73. The van der Waals surface area contributed by atoms with Crippen molar-refractivity contribution in [3.8, 4) is 11.1 Å². The Hall–Kier alpha value is -3.06. The fourth-order valence-corrected chi connectivity index (χ4v) is 3.19. The maximum absolute atomic E-state index is 12.5. The summed E-state index contributed by atoms with van der Waals surface area (Å²) in [6.07, 6.45) is -0.375. The predicted octanol–water partition coefficient (Wildman–Crippen LogP) is 3.95. The predicted molar refractivity (Wildman–Crippen MR) is 105 cm³/mol. The van der Waals surface area contributed by atoms with Gasteiger partial charge in [0.1, 0.15) is 0 Å². The van der Waals surface area contributed by atoms with Gasteiger partial charge in [-0.05, 0) is 36.5 Å². The molecule has 0 saturated heterocycles. The van der Waals surface area contributed by atoms with Crippen molar-refractivity contribution < 1.29 is 14.3 Å². The van der Waals surface area contributed by atoms with Crippen LogP contribution in [-0.4, -0.2) is 27.6 Å². The summed E-state index contributed by atoms with van der Waals surface area (Å²) in [6.45, 7) is 3.42. The number of aryl methyl sites for hydroxylation is 1. The Morgan fingerprint density at radius 1 is 1.11 bits per heavy atom. The lowest BCUT2D eigenvalue weighted by molar-refractivity contribution is -0.123. The van der Waals surface area contributed by atoms with Crippen LogP contribution >= 0.6 is 11.5 Å². The van der Waals surface area contributed by atoms with Crippen molar-refractivity contribution in [1.29, 1.82) is 0 Å². The van der Waals surface area contributed by atoms with Gasteiger partial charge in [0.25, 0.3) is 5.91 Å². The standard InChI is InChI=1S/C20H19N3O3S/c1-3-16-18(27-23-22-16)20(25)26-13(2)19(24)21-17-12-8-7-11-15(17)14-9-5-4-6-10-14/h4-13H,3H2,1-2H3,(H,21,24)/t13-/m1/s1. The zero-order valence-electron chi connectivity index (χ0n) is 15.0. The van der Waals surface area contributed by atoms with E-state index in [4.69, 9.17) is 4.74 Å². The van der Waals surface area contributed by atoms with Gasteiger partial charge < -0.3 is 10.1 Å². The lowest BCUT2D eigenvalue weighted by Crippen LogP contribution is -2.30. The average molecular weight is 381 g/mol. The molecule has 1 atom stereocenters. The number of rotatable bonds is 6. The summed E-state index contributed by atoms with van der Waals surface area (Å²) in [5.41, 5.74) is 3.11. The van der Waals surface area contributed by atoms with Gasteiger partial charge in [0, 0.05) is 11.3 Å². The lowest BCUT2D eigenvalue weighted by atomic mass is 10.0. The summed E-state index contributed by atoms with van der Waals surface area (Å²) in [4.78, 5) is 25.1. The van der Waals surface area contributed by atoms with Crippen LogP contribution in [0.25, 0.3) is 11.1 Å². The number of hydrogen-bond donors (Lipinski definition) is 1. The molecule has 3 aromatic rings. The molecule has 0 bridgehead atoms. The molecule has 0 radical (unpaired) electrons. The largest absolute Gasteiger partial charge is 0.448 e. The molecule has 138 valence electrons. The van der Waals surface area contributed by atoms with Gasteiger partial charge in [-0.25, -0.2) is 4.79 Å². The second-order valence-corrected chi connectivity index (χ2v) is 6.60. The lowest BCUT2D eigenvalue weighted by Gasteiger charge is -2.15. The first-order valence-corrected chi connectivity index (χ1v) is 9.35. The number of carbonyl (C=O) groups excluding carboxylic acids is 2. The van der Waals surface area contributed by atoms with Crippen LogP contribution in [0.3, 0.4) is 0 Å². The molecule has 3 rings (SSSR count). The van der Waals surface area contributed by atoms with Gasteiger partial charge in [-0.1, -0.05) is 59.9 Å². The molecule has 7 heteroatoms. The van der Waals surface area contributed by atoms with E-state index in [1.54, 1.807) is 6.92 Å². The molecule has 0 aliphatic heterocycles. The fourth-order valence-electron chi connectivity index (χ4n) is 2.56. The number of nitrogens with one attached hydrogen (secondary N) is 1. The number of carbonyl (C=O) groups is 2. The van der Waals surface area contributed by atoms with E-state index in [1.807, 2.05) is 61.5 Å². The molecule has 6 nitrogen and oxygen atoms in total. The number of ether oxygens (including phenoxy) is 1. The smallest absolute Gasteiger partial charge is 0.352 e. The topological polar surface area (TPSA) is 81.2 Å². The third-order valence-electron chi connectivity index (χ3n) is 4.00. The Morgan fingerprint density at radius 3 is 2.56 bits per heavy atom. The number of anilines is 1. The van der Waals surface area contributed by atoms with E-state index in [0.29, 0.717) is 22.7 Å². The number of amides is 1. The molecule has 2 aromatic carbocycles. The third kappa shape index (κ3) is 4.38. The van der Waals surface area contributed by atoms with E-state index in [-0.39, 0.29) is 0 Å². The highest BCUT2D eigenvalue weighted by atomic mass is 32.1. The van der Waals surface area contributed by atoms with Crippen molar-refractivity contribution in [2.45, 2.75) is 26.4 Å². The zero-order chi connectivity index (χ0) is 19.2. The molecule has 1 amide bonds. The van der Waals surface area contributed by atoms with E-state index in [2.05, 4.69) is 14.9 Å². The molecule has 0 aliphatic rings. The van der Waals surface area contributed by atoms with Crippen LogP contribution in [0.15, 0.2) is 54.6 Å². The van der Waals surface area contributed by atoms with Crippen molar-refractivity contribution in [2.24, 2.45) is 0 Å². The molecule has 0 saturated carbocycles. The SMILES string of the molecule is CCc1nnsc1C(=O)O[C@H](C)C(=O)Nc1ccccc1-c1ccccc1. The average Bonchev–Trinajstić information content (AvgIpc) is 3.18. The van der Waals surface area contributed by atoms with Crippen molar-refractivity contribution in [2.75, 3.05) is 5.32 Å². The van der Waals surface area contributed by atoms with E-state index < -0.39 is 18.0 Å². The van der Waals surface area contributed by atoms with Gasteiger partial charge in [-0.3, -0.25) is 4.79 Å². The number of benzene rings is 2. The minimum absolute atomic E-state index is 0.335. The molecular weight excluding hydrogens is 362 g/mol. The summed E-state index contributed by atoms with van der Waals surface area (Å²) < 4.78 is 9.07. The third-order valence-corrected chi connectivity index (χ3v) is 4.75. The molecule has 0 unspecified atom stereocenters. The highest BCUT2D eigenvalue weighted by Gasteiger charge is 2.23. The second kappa shape index (κ2) is 8.55. The van der Waals surface area contributed by atoms with E-state index in [1.165, 1.54) is 0 Å². The molecule has 1 N–H and O–H groups in total. The number of aromatic nitrogens is 2. The van der Waals surface area contributed by atoms with Crippen LogP contribution < -0.4 is 5.32 Å². The quantitative estimate of drug-likeness (QED) is 0.654. The van der Waals surface area contributed by atoms with Crippen LogP contribution in [0, 0.1) is 0 Å². The number of hydrogen-bond acceptors (Lipinski definition) is 6. The minimum Gasteiger partial charge on any atom is -0.448 e. The first kappa shape index (κ1) is 18.7. The summed E-state index contributed by atoms with van der Waals surface area (Å²) >= 11 is 0.972. The van der Waals surface area contributed by atoms with E-state index in [9.17, 15) is 9.59 Å². The first-order valence-electron chi connectivity index (χ1n) is 8.57. The number of esters is 1. The summed E-state index contributed by atoms with van der Waals surface area (Å²) in [5.74, 6) is -0.983. The fraction of sp³-hybridized carbons (Fsp3) is 0.200. The number of para-hydroxylation sites is 1. The zero-order valence-corrected chi connectivity index (χ0v) is 15.8. The Balaban J connectivity index is 1.71. The van der Waals surface area contributed by atoms with Crippen molar-refractivity contribution in [3.63, 3.8) is 0 Å². The Kier molecular flexibility index (Phi) is 5.93. The maximum atomic E-state index is 12.5. The van der Waals surface area contributed by atoms with E-state index in [0.717, 1.165) is 22.7 Å². The Morgan fingerprint density at radius 2 is 1.81 bits per heavy atom. The normalized spacial score (nSPS) is 11.6. The Labute approximate surface area is 161 Å². The highest BCUT2D eigenvalue weighted by Crippen LogP contribution is 2.27. The molecule has 1 aromatic heterocycles. The van der Waals surface area contributed by atoms with Gasteiger partial charge in [0.2, 0.25) is 0 Å². The Bertz CT molecular complexity index is 940. The molecule has 1 heterocycles. The summed E-state index contributed by atoms with van der Waals surface area (Å²) in [7, 11) is 0. The van der Waals surface area contributed by atoms with Gasteiger partial charge in [-0.15, -0.1) is 5.10 Å². The van der Waals surface area contributed by atoms with E-state index >= 15 is 0 Å². The van der Waals surface area contributed by atoms with Gasteiger partial charge in [0.05, 0.1) is 5.69 Å². The van der Waals surface area contributed by atoms with Crippen LogP contribution in [0.5, 0.6) is 0 Å². The van der Waals surface area contributed by atoms with Crippen LogP contribution in [0.1, 0.15) is 29.2 Å². The van der Waals surface area contributed by atoms with Crippen molar-refractivity contribution in [3.05, 3.63) is 65.2 Å². The monoisotopic (exact) mass is 381 g/mol. The van der Waals surface area contributed by atoms with Crippen LogP contribution in [-0.2, 0) is 16.0 Å². The highest BCUT2D eigenvalue weighted by molar-refractivity contribution is 7.07. The van der Waals surface area contributed by atoms with Gasteiger partial charge >= 0.3 is 5.97 Å². The molecule has 27 heavy (non-hydrogen) atoms. The van der Waals surface area contributed by atoms with Crippen molar-refractivity contribution >= 4 is 29.1 Å². The van der Waals surface area contributed by atoms with Gasteiger partial charge in [0.15, 0.2) is 11.0 Å². The second-order valence-electron chi connectivity index (χ2n) is 5.85. The minimum atomic E-state index is -0.951. The van der Waals surface area contributed by atoms with Crippen LogP contribution in [0.4, 0.5) is 5.69 Å².